The largest absolute Gasteiger partial charge is 0.496 e. The maximum absolute atomic E-state index is 13.0. The summed E-state index contributed by atoms with van der Waals surface area (Å²) in [6, 6.07) is 6.75. The van der Waals surface area contributed by atoms with E-state index in [4.69, 9.17) is 16.3 Å². The number of nitrogens with one attached hydrogen (secondary N) is 1. The Bertz CT molecular complexity index is 874. The molecule has 3 rings (SSSR count). The van der Waals surface area contributed by atoms with Crippen LogP contribution in [0.1, 0.15) is 40.9 Å². The third-order valence-electron chi connectivity index (χ3n) is 4.57. The molecular weight excluding hydrogens is 340 g/mol. The fraction of sp³-hybridized carbons (Fsp3) is 0.368. The number of carbonyl (C=O) groups is 1. The lowest BCUT2D eigenvalue weighted by Gasteiger charge is -2.18. The predicted octanol–water partition coefficient (Wildman–Crippen LogP) is 3.80. The molecule has 1 aliphatic rings. The number of halogens is 1. The minimum Gasteiger partial charge on any atom is -0.496 e. The van der Waals surface area contributed by atoms with Crippen molar-refractivity contribution in [3.8, 4) is 5.75 Å². The predicted molar refractivity (Wildman–Crippen MR) is 99.0 cm³/mol. The number of pyridine rings is 1. The zero-order valence-corrected chi connectivity index (χ0v) is 15.2. The maximum atomic E-state index is 13.0. The number of hydrogen-bond donors (Lipinski definition) is 1. The number of aromatic nitrogens is 1. The highest BCUT2D eigenvalue weighted by molar-refractivity contribution is 6.31. The molecule has 0 atom stereocenters. The normalized spacial score (nSPS) is 13.7. The zero-order chi connectivity index (χ0) is 18.0. The standard InChI is InChI=1S/C19H21ClN2O3/c1-12-7-8-13(20)10-14(12)21-19(24)18-15-6-4-3-5-9-22(15)17(23)11-16(18)25-2/h7-8,10-11H,3-6,9H2,1-2H3,(H,21,24). The van der Waals surface area contributed by atoms with Crippen molar-refractivity contribution in [2.45, 2.75) is 39.2 Å². The van der Waals surface area contributed by atoms with Gasteiger partial charge in [-0.25, -0.2) is 0 Å². The number of anilines is 1. The smallest absolute Gasteiger partial charge is 0.261 e. The van der Waals surface area contributed by atoms with E-state index >= 15 is 0 Å². The second-order valence-corrected chi connectivity index (χ2v) is 6.68. The van der Waals surface area contributed by atoms with Crippen molar-refractivity contribution in [1.29, 1.82) is 0 Å². The first-order chi connectivity index (χ1) is 12.0. The summed E-state index contributed by atoms with van der Waals surface area (Å²) in [5, 5.41) is 3.47. The van der Waals surface area contributed by atoms with Crippen LogP contribution in [0.3, 0.4) is 0 Å². The summed E-state index contributed by atoms with van der Waals surface area (Å²) in [5.41, 5.74) is 2.63. The first kappa shape index (κ1) is 17.5. The van der Waals surface area contributed by atoms with Gasteiger partial charge in [0.2, 0.25) is 0 Å². The molecule has 0 bridgehead atoms. The van der Waals surface area contributed by atoms with Gasteiger partial charge in [0, 0.05) is 29.0 Å². The van der Waals surface area contributed by atoms with Crippen LogP contribution in [0.5, 0.6) is 5.75 Å². The van der Waals surface area contributed by atoms with Crippen molar-refractivity contribution >= 4 is 23.2 Å². The van der Waals surface area contributed by atoms with E-state index in [9.17, 15) is 9.59 Å². The Hall–Kier alpha value is -2.27. The molecule has 0 fully saturated rings. The molecule has 1 aromatic heterocycles. The van der Waals surface area contributed by atoms with Gasteiger partial charge in [-0.05, 0) is 43.9 Å². The van der Waals surface area contributed by atoms with Crippen LogP contribution in [-0.2, 0) is 13.0 Å². The monoisotopic (exact) mass is 360 g/mol. The summed E-state index contributed by atoms with van der Waals surface area (Å²) in [4.78, 5) is 25.4. The molecule has 0 spiro atoms. The van der Waals surface area contributed by atoms with Crippen LogP contribution in [-0.4, -0.2) is 17.6 Å². The summed E-state index contributed by atoms with van der Waals surface area (Å²) >= 11 is 6.04. The number of rotatable bonds is 3. The van der Waals surface area contributed by atoms with Crippen molar-refractivity contribution in [2.75, 3.05) is 12.4 Å². The van der Waals surface area contributed by atoms with Crippen molar-refractivity contribution < 1.29 is 9.53 Å². The van der Waals surface area contributed by atoms with Crippen LogP contribution in [0.15, 0.2) is 29.1 Å². The Kier molecular flexibility index (Phi) is 5.13. The van der Waals surface area contributed by atoms with Gasteiger partial charge in [-0.15, -0.1) is 0 Å². The molecule has 1 aromatic carbocycles. The van der Waals surface area contributed by atoms with E-state index in [0.29, 0.717) is 35.0 Å². The van der Waals surface area contributed by atoms with Gasteiger partial charge in [0.15, 0.2) is 0 Å². The first-order valence-corrected chi connectivity index (χ1v) is 8.77. The van der Waals surface area contributed by atoms with Crippen LogP contribution in [0, 0.1) is 6.92 Å². The molecule has 0 unspecified atom stereocenters. The lowest BCUT2D eigenvalue weighted by Crippen LogP contribution is -2.27. The lowest BCUT2D eigenvalue weighted by atomic mass is 10.1. The van der Waals surface area contributed by atoms with Gasteiger partial charge < -0.3 is 14.6 Å². The SMILES string of the molecule is COc1cc(=O)n2c(c1C(=O)Nc1cc(Cl)ccc1C)CCCCC2. The first-order valence-electron chi connectivity index (χ1n) is 8.39. The highest BCUT2D eigenvalue weighted by atomic mass is 35.5. The summed E-state index contributed by atoms with van der Waals surface area (Å²) in [7, 11) is 1.48. The highest BCUT2D eigenvalue weighted by Gasteiger charge is 2.23. The van der Waals surface area contributed by atoms with Crippen LogP contribution in [0.25, 0.3) is 0 Å². The fourth-order valence-electron chi connectivity index (χ4n) is 3.23. The van der Waals surface area contributed by atoms with Gasteiger partial charge in [0.1, 0.15) is 11.3 Å². The summed E-state index contributed by atoms with van der Waals surface area (Å²) in [5.74, 6) is 0.0307. The molecule has 1 aliphatic heterocycles. The Balaban J connectivity index is 2.07. The van der Waals surface area contributed by atoms with Gasteiger partial charge in [0.05, 0.1) is 7.11 Å². The van der Waals surface area contributed by atoms with Gasteiger partial charge in [-0.1, -0.05) is 24.1 Å². The fourth-order valence-corrected chi connectivity index (χ4v) is 3.41. The number of fused-ring (bicyclic) bond motifs is 1. The van der Waals surface area contributed by atoms with Crippen molar-refractivity contribution in [1.82, 2.24) is 4.57 Å². The van der Waals surface area contributed by atoms with E-state index in [1.54, 1.807) is 16.7 Å². The second kappa shape index (κ2) is 7.31. The number of amides is 1. The zero-order valence-electron chi connectivity index (χ0n) is 14.4. The summed E-state index contributed by atoms with van der Waals surface area (Å²) < 4.78 is 7.05. The van der Waals surface area contributed by atoms with Crippen LogP contribution < -0.4 is 15.6 Å². The average Bonchev–Trinajstić information content (AvgIpc) is 2.84. The molecule has 5 nitrogen and oxygen atoms in total. The number of methoxy groups -OCH3 is 1. The van der Waals surface area contributed by atoms with Crippen LogP contribution >= 0.6 is 11.6 Å². The van der Waals surface area contributed by atoms with E-state index in [0.717, 1.165) is 30.5 Å². The van der Waals surface area contributed by atoms with Gasteiger partial charge in [0.25, 0.3) is 11.5 Å². The quantitative estimate of drug-likeness (QED) is 0.905. The number of nitrogens with zero attached hydrogens (tertiary/aromatic N) is 1. The molecule has 2 heterocycles. The van der Waals surface area contributed by atoms with E-state index < -0.39 is 0 Å². The minimum absolute atomic E-state index is 0.121. The summed E-state index contributed by atoms with van der Waals surface area (Å²) in [6.07, 6.45) is 3.61. The molecule has 1 amide bonds. The molecule has 25 heavy (non-hydrogen) atoms. The topological polar surface area (TPSA) is 60.3 Å². The van der Waals surface area contributed by atoms with Crippen LogP contribution in [0.4, 0.5) is 5.69 Å². The van der Waals surface area contributed by atoms with E-state index in [1.165, 1.54) is 13.2 Å². The maximum Gasteiger partial charge on any atom is 0.261 e. The third-order valence-corrected chi connectivity index (χ3v) is 4.81. The number of aryl methyl sites for hydroxylation is 1. The molecule has 1 N–H and O–H groups in total. The molecular formula is C19H21ClN2O3. The Labute approximate surface area is 151 Å². The van der Waals surface area contributed by atoms with E-state index in [-0.39, 0.29) is 11.5 Å². The number of hydrogen-bond acceptors (Lipinski definition) is 3. The molecule has 6 heteroatoms. The Morgan fingerprint density at radius 2 is 2.04 bits per heavy atom. The van der Waals surface area contributed by atoms with Crippen LogP contribution in [0.2, 0.25) is 5.02 Å². The number of benzene rings is 1. The minimum atomic E-state index is -0.284. The Morgan fingerprint density at radius 3 is 2.80 bits per heavy atom. The molecule has 132 valence electrons. The number of ether oxygens (including phenoxy) is 1. The molecule has 0 radical (unpaired) electrons. The van der Waals surface area contributed by atoms with Crippen molar-refractivity contribution in [3.63, 3.8) is 0 Å². The Morgan fingerprint density at radius 1 is 1.24 bits per heavy atom. The van der Waals surface area contributed by atoms with Gasteiger partial charge in [-0.2, -0.15) is 0 Å². The highest BCUT2D eigenvalue weighted by Crippen LogP contribution is 2.27. The molecule has 0 aliphatic carbocycles. The molecule has 0 saturated heterocycles. The second-order valence-electron chi connectivity index (χ2n) is 6.25. The number of carbonyl (C=O) groups excluding carboxylic acids is 1. The van der Waals surface area contributed by atoms with E-state index in [1.807, 2.05) is 13.0 Å². The van der Waals surface area contributed by atoms with Crippen molar-refractivity contribution in [3.05, 3.63) is 56.5 Å². The molecule has 2 aromatic rings. The lowest BCUT2D eigenvalue weighted by molar-refractivity contribution is 0.102. The van der Waals surface area contributed by atoms with Crippen molar-refractivity contribution in [2.24, 2.45) is 0 Å². The average molecular weight is 361 g/mol. The summed E-state index contributed by atoms with van der Waals surface area (Å²) in [6.45, 7) is 2.54. The third kappa shape index (κ3) is 3.56. The van der Waals surface area contributed by atoms with Gasteiger partial charge in [-0.3, -0.25) is 9.59 Å². The molecule has 0 saturated carbocycles. The van der Waals surface area contributed by atoms with E-state index in [2.05, 4.69) is 5.32 Å². The van der Waals surface area contributed by atoms with Gasteiger partial charge >= 0.3 is 0 Å².